The van der Waals surface area contributed by atoms with E-state index in [1.165, 1.54) is 0 Å². The number of fused-ring (bicyclic) bond motifs is 4. The summed E-state index contributed by atoms with van der Waals surface area (Å²) in [5, 5.41) is 20.4. The summed E-state index contributed by atoms with van der Waals surface area (Å²) in [6, 6.07) is 0. The fraction of sp³-hybridized carbons (Fsp3) is 0.786. The number of ketones is 1. The average molecular weight is 471 g/mol. The lowest BCUT2D eigenvalue weighted by Crippen LogP contribution is -2.63. The van der Waals surface area contributed by atoms with Crippen LogP contribution in [0.15, 0.2) is 23.3 Å². The van der Waals surface area contributed by atoms with Gasteiger partial charge in [0, 0.05) is 6.42 Å². The number of carbonyl (C=O) groups is 2. The standard InChI is InChI=1S/C28H38O6/c1-14-11-21(33-25(32)17(14)13-29)15(2)18-5-6-19-16-12-24-28(34-24)23(31)8-7-22(30)27(28,4)20(16)9-10-26(18,19)3/h7-8,15-16,18-21,23-24,29,31H,5-6,9-13H2,1-4H3/t15-,16+,18+,19-,20+,21-,23-,24+,26+,27-,28+/m0/s1. The SMILES string of the molecule is CC1=C(CO)C(=O)O[C@H]([C@@H](C)[C@H]2CC[C@H]3[C@H]4C[C@H]5O[C@]56[C@@H](O)C=CC(=O)[C@]6(C)[C@@H]4CC[C@]23C)C1. The van der Waals surface area contributed by atoms with Crippen molar-refractivity contribution < 1.29 is 29.3 Å². The third-order valence-electron chi connectivity index (χ3n) is 11.6. The summed E-state index contributed by atoms with van der Waals surface area (Å²) in [6.07, 6.45) is 8.23. The zero-order valence-corrected chi connectivity index (χ0v) is 20.8. The van der Waals surface area contributed by atoms with Gasteiger partial charge in [-0.1, -0.05) is 19.4 Å². The molecule has 0 radical (unpaired) electrons. The predicted octanol–water partition coefficient (Wildman–Crippen LogP) is 3.35. The molecule has 0 unspecified atom stereocenters. The van der Waals surface area contributed by atoms with E-state index in [0.717, 1.165) is 37.7 Å². The Morgan fingerprint density at radius 3 is 2.65 bits per heavy atom. The van der Waals surface area contributed by atoms with Gasteiger partial charge in [0.25, 0.3) is 0 Å². The minimum absolute atomic E-state index is 0.0366. The van der Waals surface area contributed by atoms with E-state index < -0.39 is 17.1 Å². The molecular formula is C28H38O6. The molecule has 2 aliphatic heterocycles. The number of esters is 1. The first-order valence-electron chi connectivity index (χ1n) is 13.2. The third kappa shape index (κ3) is 2.63. The molecule has 1 saturated heterocycles. The highest BCUT2D eigenvalue weighted by atomic mass is 16.6. The molecule has 0 aromatic heterocycles. The van der Waals surface area contributed by atoms with Crippen molar-refractivity contribution in [3.63, 3.8) is 0 Å². The smallest absolute Gasteiger partial charge is 0.336 e. The molecule has 0 aromatic carbocycles. The van der Waals surface area contributed by atoms with Gasteiger partial charge in [-0.3, -0.25) is 4.79 Å². The molecule has 0 bridgehead atoms. The van der Waals surface area contributed by atoms with Crippen LogP contribution in [0, 0.1) is 40.4 Å². The van der Waals surface area contributed by atoms with Crippen LogP contribution in [0.2, 0.25) is 0 Å². The van der Waals surface area contributed by atoms with Crippen molar-refractivity contribution in [2.24, 2.45) is 40.4 Å². The normalized spacial score (nSPS) is 52.4. The van der Waals surface area contributed by atoms with Gasteiger partial charge in [-0.25, -0.2) is 4.79 Å². The van der Waals surface area contributed by atoms with Crippen LogP contribution in [0.25, 0.3) is 0 Å². The van der Waals surface area contributed by atoms with Crippen molar-refractivity contribution in [3.05, 3.63) is 23.3 Å². The Balaban J connectivity index is 1.27. The Kier molecular flexibility index (Phi) is 4.90. The molecule has 186 valence electrons. The van der Waals surface area contributed by atoms with E-state index in [9.17, 15) is 19.8 Å². The number of hydrogen-bond donors (Lipinski definition) is 2. The molecule has 0 amide bonds. The Morgan fingerprint density at radius 2 is 1.94 bits per heavy atom. The van der Waals surface area contributed by atoms with Gasteiger partial charge in [0.2, 0.25) is 0 Å². The van der Waals surface area contributed by atoms with Gasteiger partial charge in [0.1, 0.15) is 17.8 Å². The summed E-state index contributed by atoms with van der Waals surface area (Å²) in [4.78, 5) is 25.8. The molecule has 2 heterocycles. The monoisotopic (exact) mass is 470 g/mol. The average Bonchev–Trinajstić information content (AvgIpc) is 3.43. The molecule has 1 spiro atoms. The lowest BCUT2D eigenvalue weighted by atomic mass is 9.44. The first-order chi connectivity index (χ1) is 16.1. The zero-order chi connectivity index (χ0) is 24.2. The highest BCUT2D eigenvalue weighted by molar-refractivity contribution is 5.98. The van der Waals surface area contributed by atoms with Crippen LogP contribution in [0.1, 0.15) is 66.2 Å². The van der Waals surface area contributed by atoms with E-state index in [4.69, 9.17) is 9.47 Å². The molecule has 0 aromatic rings. The number of carbonyl (C=O) groups excluding carboxylic acids is 2. The van der Waals surface area contributed by atoms with Crippen LogP contribution in [0.3, 0.4) is 0 Å². The lowest BCUT2D eigenvalue weighted by molar-refractivity contribution is -0.155. The second-order valence-corrected chi connectivity index (χ2v) is 12.5. The van der Waals surface area contributed by atoms with Gasteiger partial charge >= 0.3 is 5.97 Å². The maximum Gasteiger partial charge on any atom is 0.336 e. The lowest BCUT2D eigenvalue weighted by Gasteiger charge is -2.58. The van der Waals surface area contributed by atoms with E-state index >= 15 is 0 Å². The fourth-order valence-electron chi connectivity index (χ4n) is 9.69. The molecule has 4 aliphatic carbocycles. The van der Waals surface area contributed by atoms with Gasteiger partial charge in [-0.05, 0) is 93.1 Å². The Hall–Kier alpha value is -1.50. The Labute approximate surface area is 201 Å². The van der Waals surface area contributed by atoms with Crippen molar-refractivity contribution in [3.8, 4) is 0 Å². The van der Waals surface area contributed by atoms with E-state index in [1.807, 2.05) is 6.92 Å². The predicted molar refractivity (Wildman–Crippen MR) is 124 cm³/mol. The second-order valence-electron chi connectivity index (χ2n) is 12.5. The van der Waals surface area contributed by atoms with E-state index in [1.54, 1.807) is 12.2 Å². The van der Waals surface area contributed by atoms with Gasteiger partial charge < -0.3 is 19.7 Å². The fourth-order valence-corrected chi connectivity index (χ4v) is 9.69. The van der Waals surface area contributed by atoms with Crippen LogP contribution < -0.4 is 0 Å². The van der Waals surface area contributed by atoms with E-state index in [0.29, 0.717) is 29.7 Å². The van der Waals surface area contributed by atoms with Gasteiger partial charge in [-0.2, -0.15) is 0 Å². The van der Waals surface area contributed by atoms with Crippen molar-refractivity contribution in [2.75, 3.05) is 6.61 Å². The van der Waals surface area contributed by atoms with Crippen LogP contribution in [-0.4, -0.2) is 52.5 Å². The van der Waals surface area contributed by atoms with Gasteiger partial charge in [0.15, 0.2) is 5.78 Å². The van der Waals surface area contributed by atoms with Crippen molar-refractivity contribution in [1.29, 1.82) is 0 Å². The number of allylic oxidation sites excluding steroid dienone is 1. The number of ether oxygens (including phenoxy) is 2. The summed E-state index contributed by atoms with van der Waals surface area (Å²) in [5.41, 5.74) is 0.129. The number of rotatable bonds is 3. The first kappa shape index (κ1) is 22.9. The molecule has 6 rings (SSSR count). The molecular weight excluding hydrogens is 432 g/mol. The Bertz CT molecular complexity index is 999. The first-order valence-corrected chi connectivity index (χ1v) is 13.2. The van der Waals surface area contributed by atoms with E-state index in [2.05, 4.69) is 20.8 Å². The number of aliphatic hydroxyl groups is 2. The Morgan fingerprint density at radius 1 is 1.18 bits per heavy atom. The van der Waals surface area contributed by atoms with Crippen LogP contribution in [-0.2, 0) is 19.1 Å². The summed E-state index contributed by atoms with van der Waals surface area (Å²) in [5.74, 6) is 1.61. The number of epoxide rings is 1. The summed E-state index contributed by atoms with van der Waals surface area (Å²) in [7, 11) is 0. The molecule has 6 aliphatic rings. The molecule has 6 heteroatoms. The highest BCUT2D eigenvalue weighted by Crippen LogP contribution is 2.73. The summed E-state index contributed by atoms with van der Waals surface area (Å²) < 4.78 is 12.1. The second kappa shape index (κ2) is 7.27. The molecule has 3 saturated carbocycles. The molecule has 34 heavy (non-hydrogen) atoms. The minimum Gasteiger partial charge on any atom is -0.458 e. The zero-order valence-electron chi connectivity index (χ0n) is 20.8. The largest absolute Gasteiger partial charge is 0.458 e. The quantitative estimate of drug-likeness (QED) is 0.485. The van der Waals surface area contributed by atoms with Crippen molar-refractivity contribution in [1.82, 2.24) is 0 Å². The van der Waals surface area contributed by atoms with Crippen molar-refractivity contribution in [2.45, 2.75) is 90.1 Å². The third-order valence-corrected chi connectivity index (χ3v) is 11.6. The van der Waals surface area contributed by atoms with Crippen LogP contribution >= 0.6 is 0 Å². The summed E-state index contributed by atoms with van der Waals surface area (Å²) in [6.45, 7) is 8.41. The topological polar surface area (TPSA) is 96.4 Å². The molecule has 6 nitrogen and oxygen atoms in total. The maximum atomic E-state index is 13.3. The van der Waals surface area contributed by atoms with Gasteiger partial charge in [-0.15, -0.1) is 0 Å². The maximum absolute atomic E-state index is 13.3. The molecule has 2 N–H and O–H groups in total. The highest BCUT2D eigenvalue weighted by Gasteiger charge is 2.80. The van der Waals surface area contributed by atoms with Crippen LogP contribution in [0.4, 0.5) is 0 Å². The van der Waals surface area contributed by atoms with Crippen molar-refractivity contribution >= 4 is 11.8 Å². The minimum atomic E-state index is -0.719. The molecule has 11 atom stereocenters. The summed E-state index contributed by atoms with van der Waals surface area (Å²) >= 11 is 0. The molecule has 4 fully saturated rings. The number of hydrogen-bond acceptors (Lipinski definition) is 6. The number of aliphatic hydroxyl groups excluding tert-OH is 2. The van der Waals surface area contributed by atoms with Crippen LogP contribution in [0.5, 0.6) is 0 Å². The van der Waals surface area contributed by atoms with E-state index in [-0.39, 0.29) is 47.8 Å². The number of cyclic esters (lactones) is 1. The van der Waals surface area contributed by atoms with Gasteiger partial charge in [0.05, 0.1) is 23.7 Å².